The number of aliphatic hydroxyl groups is 1. The average molecular weight is 641 g/mol. The number of aliphatic hydroxyl groups excluding tert-OH is 1. The van der Waals surface area contributed by atoms with Crippen molar-refractivity contribution in [3.05, 3.63) is 71.5 Å². The molecule has 43 heavy (non-hydrogen) atoms. The van der Waals surface area contributed by atoms with Crippen molar-refractivity contribution >= 4 is 33.4 Å². The fourth-order valence-electron chi connectivity index (χ4n) is 5.98. The monoisotopic (exact) mass is 640 g/mol. The van der Waals surface area contributed by atoms with Gasteiger partial charge in [-0.1, -0.05) is 30.4 Å². The summed E-state index contributed by atoms with van der Waals surface area (Å²) >= 11 is 6.61. The van der Waals surface area contributed by atoms with Crippen molar-refractivity contribution in [3.63, 3.8) is 0 Å². The van der Waals surface area contributed by atoms with Gasteiger partial charge in [-0.2, -0.15) is 0 Å². The maximum Gasteiger partial charge on any atom is 0.274 e. The predicted octanol–water partition coefficient (Wildman–Crippen LogP) is 2.48. The molecule has 0 spiro atoms. The van der Waals surface area contributed by atoms with Gasteiger partial charge in [-0.3, -0.25) is 14.5 Å². The van der Waals surface area contributed by atoms with E-state index in [1.54, 1.807) is 0 Å². The van der Waals surface area contributed by atoms with E-state index in [2.05, 4.69) is 0 Å². The van der Waals surface area contributed by atoms with Crippen molar-refractivity contribution < 1.29 is 49.7 Å². The van der Waals surface area contributed by atoms with Crippen LogP contribution in [-0.4, -0.2) is 98.7 Å². The molecule has 2 heterocycles. The molecule has 11 nitrogen and oxygen atoms in total. The fourth-order valence-corrected chi connectivity index (χ4v) is 7.81. The topological polar surface area (TPSA) is 126 Å². The van der Waals surface area contributed by atoms with Gasteiger partial charge >= 0.3 is 0 Å². The second kappa shape index (κ2) is 11.5. The van der Waals surface area contributed by atoms with Crippen LogP contribution in [0, 0.1) is 0 Å². The summed E-state index contributed by atoms with van der Waals surface area (Å²) in [5, 5.41) is 10.2. The molecule has 0 aromatic heterocycles. The molecular formula is C30H34ClN3O8S. The SMILES string of the molecule is [2H]C([2H])([2H])Oc1ccccc1[C@@]1(N2C[C@H](O)C[C@H]2C(=O)N(C([2H])([2H])[2H])C([2H])([2H])[2H])C(=O)N(S(=O)(=O)c2ccc(OC)cc2OC)C2=CCC(Cl)C=C21. The quantitative estimate of drug-likeness (QED) is 0.433. The van der Waals surface area contributed by atoms with Gasteiger partial charge in [0.25, 0.3) is 15.9 Å². The van der Waals surface area contributed by atoms with Gasteiger partial charge in [0.1, 0.15) is 22.1 Å². The molecule has 13 heteroatoms. The molecule has 230 valence electrons. The van der Waals surface area contributed by atoms with Crippen molar-refractivity contribution in [3.8, 4) is 17.2 Å². The Balaban J connectivity index is 1.87. The van der Waals surface area contributed by atoms with Crippen molar-refractivity contribution in [2.75, 3.05) is 41.8 Å². The minimum Gasteiger partial charge on any atom is -0.497 e. The molecule has 1 N–H and O–H groups in total. The highest BCUT2D eigenvalue weighted by Crippen LogP contribution is 2.56. The maximum atomic E-state index is 15.5. The number of carbonyl (C=O) groups is 2. The number of amides is 2. The van der Waals surface area contributed by atoms with E-state index in [1.165, 1.54) is 62.8 Å². The molecule has 2 aromatic rings. The number of hydrogen-bond donors (Lipinski definition) is 1. The highest BCUT2D eigenvalue weighted by atomic mass is 35.5. The lowest BCUT2D eigenvalue weighted by atomic mass is 9.78. The van der Waals surface area contributed by atoms with Crippen LogP contribution in [0.25, 0.3) is 0 Å². The van der Waals surface area contributed by atoms with E-state index < -0.39 is 89.5 Å². The van der Waals surface area contributed by atoms with Crippen LogP contribution in [0.15, 0.2) is 70.8 Å². The number of allylic oxidation sites excluding steroid dienone is 2. The Morgan fingerprint density at radius 3 is 2.60 bits per heavy atom. The van der Waals surface area contributed by atoms with Gasteiger partial charge < -0.3 is 24.2 Å². The van der Waals surface area contributed by atoms with Gasteiger partial charge in [-0.25, -0.2) is 12.7 Å². The molecule has 1 unspecified atom stereocenters. The van der Waals surface area contributed by atoms with Crippen molar-refractivity contribution in [2.24, 2.45) is 0 Å². The van der Waals surface area contributed by atoms with E-state index in [9.17, 15) is 18.3 Å². The van der Waals surface area contributed by atoms with E-state index in [4.69, 9.17) is 38.1 Å². The summed E-state index contributed by atoms with van der Waals surface area (Å²) < 4.78 is 117. The zero-order valence-corrected chi connectivity index (χ0v) is 24.6. The lowest BCUT2D eigenvalue weighted by molar-refractivity contribution is -0.140. The number of benzene rings is 2. The third kappa shape index (κ3) is 4.76. The van der Waals surface area contributed by atoms with Crippen molar-refractivity contribution in [1.29, 1.82) is 0 Å². The zero-order valence-electron chi connectivity index (χ0n) is 32.0. The number of β-amino-alcohol motifs (C(OH)–C–C–N with tert-alkyl or cyclic N) is 1. The number of hydrogen-bond acceptors (Lipinski definition) is 9. The van der Waals surface area contributed by atoms with Gasteiger partial charge in [-0.15, -0.1) is 11.6 Å². The molecule has 0 radical (unpaired) electrons. The highest BCUT2D eigenvalue weighted by molar-refractivity contribution is 7.90. The molecule has 2 fully saturated rings. The Morgan fingerprint density at radius 2 is 1.91 bits per heavy atom. The third-order valence-corrected chi connectivity index (χ3v) is 9.79. The Bertz CT molecular complexity index is 1920. The first-order valence-corrected chi connectivity index (χ1v) is 14.8. The van der Waals surface area contributed by atoms with E-state index in [0.717, 1.165) is 11.0 Å². The first-order valence-electron chi connectivity index (χ1n) is 17.5. The Morgan fingerprint density at radius 1 is 1.14 bits per heavy atom. The van der Waals surface area contributed by atoms with E-state index >= 15 is 4.79 Å². The van der Waals surface area contributed by atoms with Gasteiger partial charge in [-0.05, 0) is 31.0 Å². The number of rotatable bonds is 8. The predicted molar refractivity (Wildman–Crippen MR) is 158 cm³/mol. The van der Waals surface area contributed by atoms with E-state index in [0.29, 0.717) is 4.31 Å². The number of para-hydroxylation sites is 1. The number of alkyl halides is 1. The summed E-state index contributed by atoms with van der Waals surface area (Å²) in [6.07, 6.45) is 0.585. The van der Waals surface area contributed by atoms with Gasteiger partial charge in [0.05, 0.1) is 48.6 Å². The van der Waals surface area contributed by atoms with Crippen LogP contribution < -0.4 is 14.2 Å². The summed E-state index contributed by atoms with van der Waals surface area (Å²) in [6.45, 7) is -7.70. The van der Waals surface area contributed by atoms with Gasteiger partial charge in [0, 0.05) is 45.9 Å². The van der Waals surface area contributed by atoms with Crippen LogP contribution >= 0.6 is 11.6 Å². The molecule has 2 amide bonds. The minimum absolute atomic E-state index is 0.000204. The number of likely N-dealkylation sites (N-methyl/N-ethyl adjacent to an activating group) is 1. The highest BCUT2D eigenvalue weighted by Gasteiger charge is 2.66. The summed E-state index contributed by atoms with van der Waals surface area (Å²) in [7, 11) is -5.57. The molecule has 0 saturated carbocycles. The van der Waals surface area contributed by atoms with Crippen LogP contribution in [0.3, 0.4) is 0 Å². The molecule has 1 aliphatic carbocycles. The second-order valence-electron chi connectivity index (χ2n) is 10.1. The molecule has 2 aliphatic heterocycles. The molecule has 5 rings (SSSR count). The number of carbonyl (C=O) groups excluding carboxylic acids is 2. The van der Waals surface area contributed by atoms with Crippen LogP contribution in [0.5, 0.6) is 17.2 Å². The Kier molecular flexibility index (Phi) is 5.66. The van der Waals surface area contributed by atoms with Crippen molar-refractivity contribution in [2.45, 2.75) is 40.8 Å². The Hall–Kier alpha value is -3.58. The number of nitrogens with zero attached hydrogens (tertiary/aromatic N) is 3. The van der Waals surface area contributed by atoms with Crippen LogP contribution in [0.4, 0.5) is 0 Å². The Labute approximate surface area is 268 Å². The normalized spacial score (nSPS) is 29.6. The third-order valence-electron chi connectivity index (χ3n) is 7.75. The second-order valence-corrected chi connectivity index (χ2v) is 12.4. The first-order chi connectivity index (χ1) is 24.0. The molecular weight excluding hydrogens is 598 g/mol. The number of fused-ring (bicyclic) bond motifs is 1. The number of ether oxygens (including phenoxy) is 3. The summed E-state index contributed by atoms with van der Waals surface area (Å²) in [5.41, 5.74) is -3.34. The van der Waals surface area contributed by atoms with Crippen LogP contribution in [-0.2, 0) is 25.2 Å². The lowest BCUT2D eigenvalue weighted by Crippen LogP contribution is -2.58. The summed E-state index contributed by atoms with van der Waals surface area (Å²) in [4.78, 5) is 29.9. The molecule has 2 saturated heterocycles. The summed E-state index contributed by atoms with van der Waals surface area (Å²) in [5.74, 6) is -3.33. The zero-order chi connectivity index (χ0) is 38.8. The first kappa shape index (κ1) is 21.2. The summed E-state index contributed by atoms with van der Waals surface area (Å²) in [6, 6.07) is 7.00. The average Bonchev–Trinajstić information content (AvgIpc) is 3.53. The van der Waals surface area contributed by atoms with E-state index in [-0.39, 0.29) is 39.7 Å². The number of halogens is 1. The van der Waals surface area contributed by atoms with Gasteiger partial charge in [0.15, 0.2) is 5.54 Å². The number of sulfonamides is 1. The number of likely N-dealkylation sites (tertiary alicyclic amines) is 1. The van der Waals surface area contributed by atoms with Crippen molar-refractivity contribution in [1.82, 2.24) is 14.1 Å². The molecule has 3 aliphatic rings. The van der Waals surface area contributed by atoms with Crippen LogP contribution in [0.1, 0.15) is 30.7 Å². The van der Waals surface area contributed by atoms with E-state index in [1.807, 2.05) is 0 Å². The fraction of sp³-hybridized carbons (Fsp3) is 0.400. The molecule has 0 bridgehead atoms. The van der Waals surface area contributed by atoms with Crippen LogP contribution in [0.2, 0.25) is 0 Å². The van der Waals surface area contributed by atoms with Gasteiger partial charge in [0.2, 0.25) is 5.91 Å². The lowest BCUT2D eigenvalue weighted by Gasteiger charge is -2.42. The largest absolute Gasteiger partial charge is 0.497 e. The smallest absolute Gasteiger partial charge is 0.274 e. The molecule has 2 aromatic carbocycles. The minimum atomic E-state index is -4.98. The molecule has 4 atom stereocenters. The maximum absolute atomic E-state index is 15.5. The standard InChI is InChI=1S/C30H34ClN3O8S/c1-32(2)28(36)24-15-19(35)17-33(24)30(21-8-6-7-9-25(21)41-4)22-14-18(31)10-12-23(22)34(29(30)37)43(38,39)27-13-11-20(40-3)16-26(27)42-5/h6-9,11-14,16,18-19,24,35H,10,15,17H2,1-5H3/t18?,19-,24+,30+/m1/s1/i1D3,2D3,4D3. The number of methoxy groups -OCH3 is 3.